The number of rotatable bonds is 8. The Morgan fingerprint density at radius 2 is 1.87 bits per heavy atom. The molecule has 0 aliphatic carbocycles. The monoisotopic (exact) mass is 521 g/mol. The Kier molecular flexibility index (Phi) is 11.4. The summed E-state index contributed by atoms with van der Waals surface area (Å²) in [5.74, 6) is -1.16. The summed E-state index contributed by atoms with van der Waals surface area (Å²) in [5.41, 5.74) is 2.34. The van der Waals surface area contributed by atoms with E-state index in [1.165, 1.54) is 6.07 Å². The van der Waals surface area contributed by atoms with Crippen LogP contribution in [0.5, 0.6) is 11.5 Å². The minimum atomic E-state index is -0.661. The number of nitrogens with zero attached hydrogens (tertiary/aromatic N) is 1. The Balaban J connectivity index is 2.06. The van der Waals surface area contributed by atoms with Gasteiger partial charge < -0.3 is 24.5 Å². The van der Waals surface area contributed by atoms with E-state index >= 15 is 0 Å². The highest BCUT2D eigenvalue weighted by Crippen LogP contribution is 2.39. The van der Waals surface area contributed by atoms with Crippen LogP contribution in [-0.4, -0.2) is 34.6 Å². The molecule has 1 aliphatic heterocycles. The van der Waals surface area contributed by atoms with Crippen LogP contribution in [0.15, 0.2) is 65.9 Å². The normalized spacial score (nSPS) is 20.1. The minimum Gasteiger partial charge on any atom is -0.507 e. The van der Waals surface area contributed by atoms with Crippen LogP contribution in [0.25, 0.3) is 0 Å². The maximum Gasteiger partial charge on any atom is 0.342 e. The summed E-state index contributed by atoms with van der Waals surface area (Å²) in [5, 5.41) is 26.1. The number of fused-ring (bicyclic) bond motifs is 1. The van der Waals surface area contributed by atoms with E-state index in [1.54, 1.807) is 0 Å². The molecule has 2 aromatic carbocycles. The number of phenolic OH excluding ortho intramolecular Hbond substituents is 2. The summed E-state index contributed by atoms with van der Waals surface area (Å²) in [6, 6.07) is 10.9. The molecule has 0 saturated heterocycles. The zero-order chi connectivity index (χ0) is 27.3. The summed E-state index contributed by atoms with van der Waals surface area (Å²) in [6.07, 6.45) is 11.1. The zero-order valence-electron chi connectivity index (χ0n) is 22.6. The van der Waals surface area contributed by atoms with Gasteiger partial charge >= 0.3 is 5.97 Å². The van der Waals surface area contributed by atoms with Crippen molar-refractivity contribution < 1.29 is 29.3 Å². The SMILES string of the molecule is CCCCOC(C)c1c(O)cc(O)c2c1CC(=N/OCc1ccccc1)/C=C/CC/C=C/C[C@@H](C)OC2=O. The van der Waals surface area contributed by atoms with Crippen molar-refractivity contribution >= 4 is 11.7 Å². The van der Waals surface area contributed by atoms with Gasteiger partial charge in [-0.3, -0.25) is 0 Å². The Hall–Kier alpha value is -3.58. The fourth-order valence-corrected chi connectivity index (χ4v) is 4.25. The van der Waals surface area contributed by atoms with E-state index in [1.807, 2.05) is 62.4 Å². The molecule has 7 heteroatoms. The molecule has 2 aromatic rings. The number of unbranched alkanes of at least 4 members (excludes halogenated alkanes) is 1. The van der Waals surface area contributed by atoms with Gasteiger partial charge in [0.05, 0.1) is 11.8 Å². The summed E-state index contributed by atoms with van der Waals surface area (Å²) in [7, 11) is 0. The molecular weight excluding hydrogens is 482 g/mol. The van der Waals surface area contributed by atoms with E-state index in [9.17, 15) is 15.0 Å². The Bertz CT molecular complexity index is 1140. The molecule has 1 unspecified atom stereocenters. The number of hydrogen-bond donors (Lipinski definition) is 2. The van der Waals surface area contributed by atoms with Gasteiger partial charge in [-0.25, -0.2) is 4.79 Å². The lowest BCUT2D eigenvalue weighted by atomic mass is 9.91. The highest BCUT2D eigenvalue weighted by atomic mass is 16.6. The van der Waals surface area contributed by atoms with Gasteiger partial charge in [0, 0.05) is 31.1 Å². The van der Waals surface area contributed by atoms with Gasteiger partial charge in [-0.2, -0.15) is 0 Å². The van der Waals surface area contributed by atoms with Crippen LogP contribution in [0.1, 0.15) is 86.0 Å². The van der Waals surface area contributed by atoms with Crippen LogP contribution in [-0.2, 0) is 27.3 Å². The molecule has 0 radical (unpaired) electrons. The molecule has 0 amide bonds. The smallest absolute Gasteiger partial charge is 0.342 e. The van der Waals surface area contributed by atoms with Crippen LogP contribution < -0.4 is 0 Å². The van der Waals surface area contributed by atoms with Crippen LogP contribution in [0.2, 0.25) is 0 Å². The average molecular weight is 522 g/mol. The molecule has 0 saturated carbocycles. The predicted octanol–water partition coefficient (Wildman–Crippen LogP) is 6.93. The number of cyclic esters (lactones) is 1. The lowest BCUT2D eigenvalue weighted by Crippen LogP contribution is -2.19. The van der Waals surface area contributed by atoms with Crippen LogP contribution in [0.4, 0.5) is 0 Å². The van der Waals surface area contributed by atoms with Gasteiger partial charge in [-0.1, -0.05) is 67.1 Å². The number of aromatic hydroxyl groups is 2. The Morgan fingerprint density at radius 3 is 2.63 bits per heavy atom. The maximum absolute atomic E-state index is 13.3. The fourth-order valence-electron chi connectivity index (χ4n) is 4.25. The van der Waals surface area contributed by atoms with Crippen LogP contribution in [0, 0.1) is 0 Å². The first-order valence-electron chi connectivity index (χ1n) is 13.3. The van der Waals surface area contributed by atoms with Crippen molar-refractivity contribution in [2.45, 2.75) is 78.1 Å². The average Bonchev–Trinajstić information content (AvgIpc) is 2.88. The highest BCUT2D eigenvalue weighted by Gasteiger charge is 2.28. The molecule has 38 heavy (non-hydrogen) atoms. The summed E-state index contributed by atoms with van der Waals surface area (Å²) < 4.78 is 11.7. The van der Waals surface area contributed by atoms with Crippen molar-refractivity contribution in [1.29, 1.82) is 0 Å². The third kappa shape index (κ3) is 8.48. The molecule has 7 nitrogen and oxygen atoms in total. The molecule has 2 atom stereocenters. The minimum absolute atomic E-state index is 0.000731. The Labute approximate surface area is 225 Å². The third-order valence-corrected chi connectivity index (χ3v) is 6.28. The topological polar surface area (TPSA) is 97.6 Å². The quantitative estimate of drug-likeness (QED) is 0.169. The number of allylic oxidation sites excluding steroid dienone is 3. The molecule has 0 spiro atoms. The third-order valence-electron chi connectivity index (χ3n) is 6.28. The molecular formula is C31H39NO6. The first kappa shape index (κ1) is 29.0. The number of phenols is 2. The number of esters is 1. The van der Waals surface area contributed by atoms with Crippen LogP contribution in [0.3, 0.4) is 0 Å². The van der Waals surface area contributed by atoms with E-state index in [4.69, 9.17) is 14.3 Å². The van der Waals surface area contributed by atoms with Crippen molar-refractivity contribution in [3.05, 3.63) is 83.0 Å². The molecule has 1 heterocycles. The largest absolute Gasteiger partial charge is 0.507 e. The molecule has 2 N–H and O–H groups in total. The summed E-state index contributed by atoms with van der Waals surface area (Å²) in [4.78, 5) is 19.0. The van der Waals surface area contributed by atoms with Crippen molar-refractivity contribution in [3.8, 4) is 11.5 Å². The number of carbonyl (C=O) groups excluding carboxylic acids is 1. The second-order valence-electron chi connectivity index (χ2n) is 9.47. The van der Waals surface area contributed by atoms with Crippen molar-refractivity contribution in [2.24, 2.45) is 5.16 Å². The predicted molar refractivity (Wildman–Crippen MR) is 148 cm³/mol. The molecule has 0 bridgehead atoms. The first-order valence-corrected chi connectivity index (χ1v) is 13.3. The van der Waals surface area contributed by atoms with E-state index in [-0.39, 0.29) is 36.2 Å². The second-order valence-corrected chi connectivity index (χ2v) is 9.47. The first-order chi connectivity index (χ1) is 18.4. The van der Waals surface area contributed by atoms with Gasteiger partial charge in [0.1, 0.15) is 29.8 Å². The number of carbonyl (C=O) groups is 1. The number of hydrogen-bond acceptors (Lipinski definition) is 7. The highest BCUT2D eigenvalue weighted by molar-refractivity contribution is 6.01. The van der Waals surface area contributed by atoms with Gasteiger partial charge in [0.25, 0.3) is 0 Å². The van der Waals surface area contributed by atoms with Crippen LogP contribution >= 0.6 is 0 Å². The molecule has 0 fully saturated rings. The van der Waals surface area contributed by atoms with Gasteiger partial charge in [0.15, 0.2) is 0 Å². The number of oxime groups is 1. The van der Waals surface area contributed by atoms with Crippen molar-refractivity contribution in [1.82, 2.24) is 0 Å². The van der Waals surface area contributed by atoms with E-state index in [0.29, 0.717) is 29.9 Å². The summed E-state index contributed by atoms with van der Waals surface area (Å²) >= 11 is 0. The molecule has 3 rings (SSSR count). The van der Waals surface area contributed by atoms with Crippen molar-refractivity contribution in [3.63, 3.8) is 0 Å². The second kappa shape index (κ2) is 15.0. The standard InChI is InChI=1S/C31H39NO6/c1-4-5-18-36-23(3)29-26-19-25(32-37-21-24-15-11-9-12-16-24)17-13-8-6-7-10-14-22(2)38-31(35)30(26)28(34)20-27(29)33/h7,9-13,15-17,20,22-23,33-34H,4-6,8,14,18-19,21H2,1-3H3/b10-7+,17-13+,32-25+/t22-,23?/m1/s1. The Morgan fingerprint density at radius 1 is 1.11 bits per heavy atom. The van der Waals surface area contributed by atoms with E-state index in [0.717, 1.165) is 31.2 Å². The maximum atomic E-state index is 13.3. The molecule has 204 valence electrons. The number of benzene rings is 2. The van der Waals surface area contributed by atoms with E-state index in [2.05, 4.69) is 18.2 Å². The molecule has 0 aromatic heterocycles. The lowest BCUT2D eigenvalue weighted by Gasteiger charge is -2.23. The zero-order valence-corrected chi connectivity index (χ0v) is 22.6. The summed E-state index contributed by atoms with van der Waals surface area (Å²) in [6.45, 7) is 6.49. The molecule has 1 aliphatic rings. The van der Waals surface area contributed by atoms with E-state index < -0.39 is 12.1 Å². The fraction of sp³-hybridized carbons (Fsp3) is 0.419. The van der Waals surface area contributed by atoms with Gasteiger partial charge in [0.2, 0.25) is 0 Å². The van der Waals surface area contributed by atoms with Gasteiger partial charge in [-0.15, -0.1) is 0 Å². The van der Waals surface area contributed by atoms with Crippen molar-refractivity contribution in [2.75, 3.05) is 6.61 Å². The van der Waals surface area contributed by atoms with Gasteiger partial charge in [-0.05, 0) is 50.3 Å². The number of ether oxygens (including phenoxy) is 2. The lowest BCUT2D eigenvalue weighted by molar-refractivity contribution is 0.0341.